The fourth-order valence-corrected chi connectivity index (χ4v) is 3.07. The summed E-state index contributed by atoms with van der Waals surface area (Å²) in [6.45, 7) is 4.46. The Balaban J connectivity index is 1.86. The lowest BCUT2D eigenvalue weighted by Gasteiger charge is -2.13. The van der Waals surface area contributed by atoms with Crippen LogP contribution in [-0.2, 0) is 16.0 Å². The third kappa shape index (κ3) is 6.50. The molecule has 1 aromatic carbocycles. The van der Waals surface area contributed by atoms with E-state index in [1.54, 1.807) is 12.1 Å². The molecule has 1 heterocycles. The second kappa shape index (κ2) is 10.6. The van der Waals surface area contributed by atoms with E-state index in [0.717, 1.165) is 23.1 Å². The number of aryl methyl sites for hydroxylation is 1. The molecule has 0 aliphatic heterocycles. The Morgan fingerprint density at radius 3 is 2.75 bits per heavy atom. The molecular formula is C22H25ClN2O3. The molecule has 2 aromatic rings. The lowest BCUT2D eigenvalue weighted by molar-refractivity contribution is -0.119. The number of allylic oxidation sites excluding steroid dienone is 1. The summed E-state index contributed by atoms with van der Waals surface area (Å²) in [5.41, 5.74) is 3.04. The average Bonchev–Trinajstić information content (AvgIpc) is 3.15. The van der Waals surface area contributed by atoms with Gasteiger partial charge in [-0.25, -0.2) is 0 Å². The first-order valence-corrected chi connectivity index (χ1v) is 9.63. The quantitative estimate of drug-likeness (QED) is 0.564. The minimum absolute atomic E-state index is 0.0834. The summed E-state index contributed by atoms with van der Waals surface area (Å²) in [5, 5.41) is 11.2. The summed E-state index contributed by atoms with van der Waals surface area (Å²) in [5.74, 6) is -0.216. The Hall–Kier alpha value is -2.66. The van der Waals surface area contributed by atoms with Crippen molar-refractivity contribution in [3.8, 4) is 0 Å². The van der Waals surface area contributed by atoms with Crippen molar-refractivity contribution in [1.82, 2.24) is 5.32 Å². The smallest absolute Gasteiger partial charge is 0.265 e. The maximum Gasteiger partial charge on any atom is 0.265 e. The van der Waals surface area contributed by atoms with Gasteiger partial charge in [0.25, 0.3) is 5.91 Å². The summed E-state index contributed by atoms with van der Waals surface area (Å²) in [6, 6.07) is 9.15. The predicted molar refractivity (Wildman–Crippen MR) is 112 cm³/mol. The largest absolute Gasteiger partial charge is 0.469 e. The molecule has 0 aliphatic carbocycles. The van der Waals surface area contributed by atoms with Crippen LogP contribution in [0.4, 0.5) is 0 Å². The molecule has 0 radical (unpaired) electrons. The lowest BCUT2D eigenvalue weighted by Crippen LogP contribution is -2.32. The Bertz CT molecular complexity index is 870. The van der Waals surface area contributed by atoms with Crippen molar-refractivity contribution in [2.45, 2.75) is 39.5 Å². The number of carbonyl (C=O) groups is 2. The molecule has 0 saturated carbocycles. The van der Waals surface area contributed by atoms with Gasteiger partial charge in [-0.15, -0.1) is 0 Å². The molecule has 2 rings (SSSR count). The highest BCUT2D eigenvalue weighted by Gasteiger charge is 2.15. The van der Waals surface area contributed by atoms with Gasteiger partial charge in [0.1, 0.15) is 17.3 Å². The first-order valence-electron chi connectivity index (χ1n) is 9.26. The number of furan rings is 1. The minimum atomic E-state index is -0.522. The number of benzene rings is 1. The SMILES string of the molecule is CCC=C(CCNC(=O)C(=N)CC(=O)Cc1ccco1)c1cc(Cl)ccc1C. The molecular weight excluding hydrogens is 376 g/mol. The number of rotatable bonds is 10. The molecule has 1 aromatic heterocycles. The molecule has 2 N–H and O–H groups in total. The topological polar surface area (TPSA) is 83.2 Å². The van der Waals surface area contributed by atoms with Gasteiger partial charge in [-0.05, 0) is 60.7 Å². The average molecular weight is 401 g/mol. The van der Waals surface area contributed by atoms with Crippen LogP contribution < -0.4 is 5.32 Å². The van der Waals surface area contributed by atoms with Crippen LogP contribution in [0.15, 0.2) is 47.1 Å². The number of Topliss-reactive ketones (excluding diaryl/α,β-unsaturated/α-hetero) is 1. The highest BCUT2D eigenvalue weighted by Crippen LogP contribution is 2.25. The molecule has 0 saturated heterocycles. The van der Waals surface area contributed by atoms with Crippen LogP contribution in [0.2, 0.25) is 5.02 Å². The van der Waals surface area contributed by atoms with Crippen molar-refractivity contribution in [2.24, 2.45) is 0 Å². The van der Waals surface area contributed by atoms with E-state index in [-0.39, 0.29) is 24.3 Å². The first-order chi connectivity index (χ1) is 13.4. The van der Waals surface area contributed by atoms with E-state index in [1.807, 2.05) is 25.1 Å². The summed E-state index contributed by atoms with van der Waals surface area (Å²) >= 11 is 6.12. The zero-order valence-corrected chi connectivity index (χ0v) is 16.9. The van der Waals surface area contributed by atoms with Crippen LogP contribution in [-0.4, -0.2) is 23.9 Å². The summed E-state index contributed by atoms with van der Waals surface area (Å²) in [6.07, 6.45) is 4.96. The number of halogens is 1. The number of hydrogen-bond donors (Lipinski definition) is 2. The summed E-state index contributed by atoms with van der Waals surface area (Å²) < 4.78 is 5.11. The van der Waals surface area contributed by atoms with Crippen molar-refractivity contribution in [2.75, 3.05) is 6.54 Å². The van der Waals surface area contributed by atoms with Gasteiger partial charge < -0.3 is 9.73 Å². The van der Waals surface area contributed by atoms with Crippen LogP contribution in [0.25, 0.3) is 5.57 Å². The van der Waals surface area contributed by atoms with Crippen molar-refractivity contribution < 1.29 is 14.0 Å². The van der Waals surface area contributed by atoms with Crippen molar-refractivity contribution in [3.63, 3.8) is 0 Å². The number of carbonyl (C=O) groups excluding carboxylic acids is 2. The van der Waals surface area contributed by atoms with Crippen molar-refractivity contribution >= 4 is 34.6 Å². The lowest BCUT2D eigenvalue weighted by atomic mass is 9.97. The Labute approximate surface area is 170 Å². The molecule has 0 unspecified atom stereocenters. The van der Waals surface area contributed by atoms with Gasteiger partial charge >= 0.3 is 0 Å². The zero-order valence-electron chi connectivity index (χ0n) is 16.2. The molecule has 28 heavy (non-hydrogen) atoms. The monoisotopic (exact) mass is 400 g/mol. The number of amides is 1. The Morgan fingerprint density at radius 1 is 1.29 bits per heavy atom. The van der Waals surface area contributed by atoms with E-state index in [1.165, 1.54) is 6.26 Å². The van der Waals surface area contributed by atoms with Crippen LogP contribution in [0.5, 0.6) is 0 Å². The standard InChI is InChI=1S/C22H25ClN2O3/c1-3-5-16(20-12-17(23)8-7-15(20)2)9-10-25-22(27)21(24)14-18(26)13-19-6-4-11-28-19/h4-8,11-12,24H,3,9-10,13-14H2,1-2H3,(H,25,27). The van der Waals surface area contributed by atoms with Crippen LogP contribution >= 0.6 is 11.6 Å². The number of nitrogens with one attached hydrogen (secondary N) is 2. The second-order valence-corrected chi connectivity index (χ2v) is 6.99. The highest BCUT2D eigenvalue weighted by molar-refractivity contribution is 6.40. The van der Waals surface area contributed by atoms with E-state index in [0.29, 0.717) is 23.7 Å². The Morgan fingerprint density at radius 2 is 2.07 bits per heavy atom. The summed E-state index contributed by atoms with van der Waals surface area (Å²) in [4.78, 5) is 24.1. The van der Waals surface area contributed by atoms with Gasteiger partial charge in [0.2, 0.25) is 0 Å². The van der Waals surface area contributed by atoms with Gasteiger partial charge in [0.15, 0.2) is 0 Å². The van der Waals surface area contributed by atoms with Crippen LogP contribution in [0.1, 0.15) is 43.1 Å². The summed E-state index contributed by atoms with van der Waals surface area (Å²) in [7, 11) is 0. The van der Waals surface area contributed by atoms with Crippen LogP contribution in [0.3, 0.4) is 0 Å². The minimum Gasteiger partial charge on any atom is -0.469 e. The molecule has 5 nitrogen and oxygen atoms in total. The normalized spacial score (nSPS) is 11.3. The fraction of sp³-hybridized carbons (Fsp3) is 0.318. The van der Waals surface area contributed by atoms with Gasteiger partial charge in [-0.2, -0.15) is 0 Å². The molecule has 0 fully saturated rings. The molecule has 0 atom stereocenters. The molecule has 1 amide bonds. The maximum absolute atomic E-state index is 12.1. The Kier molecular flexibility index (Phi) is 8.20. The molecule has 0 aliphatic rings. The first kappa shape index (κ1) is 21.6. The van der Waals surface area contributed by atoms with Crippen molar-refractivity contribution in [1.29, 1.82) is 5.41 Å². The molecule has 0 bridgehead atoms. The fourth-order valence-electron chi connectivity index (χ4n) is 2.90. The highest BCUT2D eigenvalue weighted by atomic mass is 35.5. The van der Waals surface area contributed by atoms with Crippen molar-refractivity contribution in [3.05, 3.63) is 64.6 Å². The van der Waals surface area contributed by atoms with Crippen LogP contribution in [0, 0.1) is 12.3 Å². The number of hydrogen-bond acceptors (Lipinski definition) is 4. The molecule has 0 spiro atoms. The predicted octanol–water partition coefficient (Wildman–Crippen LogP) is 4.76. The van der Waals surface area contributed by atoms with E-state index in [2.05, 4.69) is 18.3 Å². The molecule has 148 valence electrons. The second-order valence-electron chi connectivity index (χ2n) is 6.55. The van der Waals surface area contributed by atoms with E-state index < -0.39 is 5.91 Å². The third-order valence-corrected chi connectivity index (χ3v) is 4.51. The number of ketones is 1. The maximum atomic E-state index is 12.1. The van der Waals surface area contributed by atoms with E-state index in [9.17, 15) is 9.59 Å². The van der Waals surface area contributed by atoms with E-state index in [4.69, 9.17) is 21.4 Å². The van der Waals surface area contributed by atoms with Gasteiger partial charge in [-0.3, -0.25) is 15.0 Å². The van der Waals surface area contributed by atoms with Gasteiger partial charge in [0.05, 0.1) is 19.1 Å². The zero-order chi connectivity index (χ0) is 20.5. The van der Waals surface area contributed by atoms with E-state index >= 15 is 0 Å². The molecule has 6 heteroatoms. The third-order valence-electron chi connectivity index (χ3n) is 4.28. The van der Waals surface area contributed by atoms with Gasteiger partial charge in [-0.1, -0.05) is 30.7 Å². The van der Waals surface area contributed by atoms with Gasteiger partial charge in [0, 0.05) is 11.6 Å².